The molecule has 5 rings (SSSR count). The van der Waals surface area contributed by atoms with Crippen molar-refractivity contribution in [3.05, 3.63) is 78.6 Å². The number of fused-ring (bicyclic) bond motifs is 1. The van der Waals surface area contributed by atoms with E-state index in [1.807, 2.05) is 41.2 Å². The second-order valence-electron chi connectivity index (χ2n) is 7.51. The molecule has 4 aromatic rings. The molecule has 5 heterocycles. The van der Waals surface area contributed by atoms with Gasteiger partial charge in [-0.15, -0.1) is 5.10 Å². The first-order chi connectivity index (χ1) is 14.3. The molecule has 0 saturated carbocycles. The Morgan fingerprint density at radius 1 is 0.966 bits per heavy atom. The lowest BCUT2D eigenvalue weighted by Gasteiger charge is -2.38. The van der Waals surface area contributed by atoms with Crippen molar-refractivity contribution in [3.8, 4) is 11.1 Å². The Kier molecular flexibility index (Phi) is 4.75. The van der Waals surface area contributed by atoms with Crippen LogP contribution >= 0.6 is 0 Å². The zero-order chi connectivity index (χ0) is 19.6. The zero-order valence-corrected chi connectivity index (χ0v) is 16.4. The van der Waals surface area contributed by atoms with Crippen LogP contribution in [0.1, 0.15) is 17.4 Å². The molecule has 7 nitrogen and oxygen atoms in total. The molecular weight excluding hydrogens is 362 g/mol. The van der Waals surface area contributed by atoms with Gasteiger partial charge in [0.2, 0.25) is 0 Å². The van der Waals surface area contributed by atoms with E-state index in [9.17, 15) is 0 Å². The maximum atomic E-state index is 4.56. The maximum Gasteiger partial charge on any atom is 0.109 e. The summed E-state index contributed by atoms with van der Waals surface area (Å²) in [6.45, 7) is 3.78. The number of pyridine rings is 3. The minimum Gasteiger partial charge on any atom is -0.295 e. The van der Waals surface area contributed by atoms with Gasteiger partial charge in [0.1, 0.15) is 5.69 Å². The van der Waals surface area contributed by atoms with Crippen molar-refractivity contribution >= 4 is 5.52 Å². The Labute approximate surface area is 169 Å². The van der Waals surface area contributed by atoms with Crippen LogP contribution in [0.5, 0.6) is 0 Å². The molecule has 0 radical (unpaired) electrons. The van der Waals surface area contributed by atoms with Gasteiger partial charge in [-0.1, -0.05) is 17.3 Å². The van der Waals surface area contributed by atoms with Crippen molar-refractivity contribution in [1.29, 1.82) is 0 Å². The van der Waals surface area contributed by atoms with Gasteiger partial charge in [0.05, 0.1) is 17.3 Å². The highest BCUT2D eigenvalue weighted by molar-refractivity contribution is 5.65. The van der Waals surface area contributed by atoms with Gasteiger partial charge in [-0.2, -0.15) is 0 Å². The topological polar surface area (TPSA) is 62.5 Å². The Morgan fingerprint density at radius 2 is 1.86 bits per heavy atom. The lowest BCUT2D eigenvalue weighted by Crippen LogP contribution is -2.46. The van der Waals surface area contributed by atoms with Crippen molar-refractivity contribution in [2.75, 3.05) is 26.7 Å². The SMILES string of the molecule is CN1CCN(Cc2ccccn2)C[C@H]1c1nnn2cc(-c3ccncc3)ccc12. The van der Waals surface area contributed by atoms with E-state index in [4.69, 9.17) is 0 Å². The third-order valence-electron chi connectivity index (χ3n) is 5.61. The molecular formula is C22H23N7. The summed E-state index contributed by atoms with van der Waals surface area (Å²) < 4.78 is 1.89. The van der Waals surface area contributed by atoms with E-state index >= 15 is 0 Å². The van der Waals surface area contributed by atoms with Gasteiger partial charge in [-0.3, -0.25) is 19.8 Å². The summed E-state index contributed by atoms with van der Waals surface area (Å²) in [5.74, 6) is 0. The summed E-state index contributed by atoms with van der Waals surface area (Å²) in [6.07, 6.45) is 7.50. The summed E-state index contributed by atoms with van der Waals surface area (Å²) in [5.41, 5.74) is 5.41. The van der Waals surface area contributed by atoms with E-state index in [2.05, 4.69) is 55.3 Å². The van der Waals surface area contributed by atoms with Crippen molar-refractivity contribution in [2.45, 2.75) is 12.6 Å². The summed E-state index contributed by atoms with van der Waals surface area (Å²) in [6, 6.07) is 14.6. The number of nitrogens with zero attached hydrogens (tertiary/aromatic N) is 7. The Bertz CT molecular complexity index is 1090. The molecule has 0 unspecified atom stereocenters. The first kappa shape index (κ1) is 17.9. The van der Waals surface area contributed by atoms with Gasteiger partial charge in [0.25, 0.3) is 0 Å². The Hall–Kier alpha value is -3.16. The highest BCUT2D eigenvalue weighted by Crippen LogP contribution is 2.28. The van der Waals surface area contributed by atoms with E-state index in [0.717, 1.165) is 54.2 Å². The van der Waals surface area contributed by atoms with Gasteiger partial charge in [-0.25, -0.2) is 4.52 Å². The Balaban J connectivity index is 1.41. The molecule has 0 N–H and O–H groups in total. The number of hydrogen-bond acceptors (Lipinski definition) is 6. The van der Waals surface area contributed by atoms with Crippen LogP contribution in [0.4, 0.5) is 0 Å². The largest absolute Gasteiger partial charge is 0.295 e. The maximum absolute atomic E-state index is 4.56. The average Bonchev–Trinajstić information content (AvgIpc) is 3.19. The van der Waals surface area contributed by atoms with E-state index in [1.165, 1.54) is 0 Å². The lowest BCUT2D eigenvalue weighted by molar-refractivity contribution is 0.0881. The fourth-order valence-electron chi connectivity index (χ4n) is 3.96. The smallest absolute Gasteiger partial charge is 0.109 e. The number of rotatable bonds is 4. The van der Waals surface area contributed by atoms with Crippen molar-refractivity contribution in [3.63, 3.8) is 0 Å². The fraction of sp³-hybridized carbons (Fsp3) is 0.273. The molecule has 0 bridgehead atoms. The number of aromatic nitrogens is 5. The van der Waals surface area contributed by atoms with Gasteiger partial charge >= 0.3 is 0 Å². The number of hydrogen-bond donors (Lipinski definition) is 0. The predicted octanol–water partition coefficient (Wildman–Crippen LogP) is 2.68. The minimum atomic E-state index is 0.205. The number of piperazine rings is 1. The minimum absolute atomic E-state index is 0.205. The van der Waals surface area contributed by atoms with Crippen molar-refractivity contribution < 1.29 is 0 Å². The first-order valence-electron chi connectivity index (χ1n) is 9.86. The van der Waals surface area contributed by atoms with Gasteiger partial charge in [-0.05, 0) is 42.9 Å². The summed E-state index contributed by atoms with van der Waals surface area (Å²) >= 11 is 0. The molecule has 1 saturated heterocycles. The standard InChI is InChI=1S/C22H23N7/c1-27-12-13-28(15-19-4-2-3-9-24-19)16-21(27)22-20-6-5-18(14-29(20)26-25-22)17-7-10-23-11-8-17/h2-11,14,21H,12-13,15-16H2,1H3/t21-/m0/s1. The predicted molar refractivity (Wildman–Crippen MR) is 111 cm³/mol. The molecule has 4 aromatic heterocycles. The van der Waals surface area contributed by atoms with Gasteiger partial charge in [0, 0.05) is 56.5 Å². The van der Waals surface area contributed by atoms with E-state index in [-0.39, 0.29) is 6.04 Å². The normalized spacial score (nSPS) is 18.3. The second kappa shape index (κ2) is 7.69. The van der Waals surface area contributed by atoms with Crippen LogP contribution in [-0.4, -0.2) is 61.3 Å². The molecule has 1 aliphatic rings. The van der Waals surface area contributed by atoms with Crippen molar-refractivity contribution in [2.24, 2.45) is 0 Å². The lowest BCUT2D eigenvalue weighted by atomic mass is 10.1. The van der Waals surface area contributed by atoms with Crippen LogP contribution in [0.15, 0.2) is 67.3 Å². The quantitative estimate of drug-likeness (QED) is 0.538. The van der Waals surface area contributed by atoms with E-state index in [0.29, 0.717) is 0 Å². The highest BCUT2D eigenvalue weighted by Gasteiger charge is 2.29. The summed E-state index contributed by atoms with van der Waals surface area (Å²) in [5, 5.41) is 8.98. The molecule has 1 aliphatic heterocycles. The zero-order valence-electron chi connectivity index (χ0n) is 16.4. The monoisotopic (exact) mass is 385 g/mol. The molecule has 7 heteroatoms. The Morgan fingerprint density at radius 3 is 2.69 bits per heavy atom. The van der Waals surface area contributed by atoms with Crippen LogP contribution in [-0.2, 0) is 6.54 Å². The number of likely N-dealkylation sites (N-methyl/N-ethyl adjacent to an activating group) is 1. The molecule has 146 valence electrons. The molecule has 0 aliphatic carbocycles. The first-order valence-corrected chi connectivity index (χ1v) is 9.86. The van der Waals surface area contributed by atoms with Crippen LogP contribution < -0.4 is 0 Å². The molecule has 1 fully saturated rings. The molecule has 0 spiro atoms. The fourth-order valence-corrected chi connectivity index (χ4v) is 3.96. The van der Waals surface area contributed by atoms with Crippen LogP contribution in [0.25, 0.3) is 16.6 Å². The van der Waals surface area contributed by atoms with Gasteiger partial charge in [0.15, 0.2) is 0 Å². The molecule has 1 atom stereocenters. The molecule has 0 amide bonds. The summed E-state index contributed by atoms with van der Waals surface area (Å²) in [4.78, 5) is 13.4. The summed E-state index contributed by atoms with van der Waals surface area (Å²) in [7, 11) is 2.17. The van der Waals surface area contributed by atoms with Gasteiger partial charge < -0.3 is 0 Å². The van der Waals surface area contributed by atoms with Crippen LogP contribution in [0.3, 0.4) is 0 Å². The average molecular weight is 385 g/mol. The third-order valence-corrected chi connectivity index (χ3v) is 5.61. The highest BCUT2D eigenvalue weighted by atomic mass is 15.4. The molecule has 0 aromatic carbocycles. The van der Waals surface area contributed by atoms with E-state index in [1.54, 1.807) is 12.4 Å². The van der Waals surface area contributed by atoms with Crippen molar-refractivity contribution in [1.82, 2.24) is 34.6 Å². The third kappa shape index (κ3) is 3.62. The molecule has 29 heavy (non-hydrogen) atoms. The van der Waals surface area contributed by atoms with E-state index < -0.39 is 0 Å². The van der Waals surface area contributed by atoms with Crippen LogP contribution in [0.2, 0.25) is 0 Å². The second-order valence-corrected chi connectivity index (χ2v) is 7.51. The van der Waals surface area contributed by atoms with Crippen LogP contribution in [0, 0.1) is 0 Å².